The molecule has 1 aliphatic rings. The molecule has 2 N–H and O–H groups in total. The minimum atomic E-state index is -4.30. The van der Waals surface area contributed by atoms with E-state index >= 15 is 0 Å². The highest BCUT2D eigenvalue weighted by Gasteiger charge is 2.30. The molecule has 1 unspecified atom stereocenters. The molecule has 20 heavy (non-hydrogen) atoms. The number of H-pyrrole nitrogens is 1. The second kappa shape index (κ2) is 4.94. The number of nitrogens with one attached hydrogen (secondary N) is 2. The van der Waals surface area contributed by atoms with Crippen molar-refractivity contribution in [3.05, 3.63) is 41.9 Å². The van der Waals surface area contributed by atoms with E-state index in [1.54, 1.807) is 6.20 Å². The van der Waals surface area contributed by atoms with E-state index in [2.05, 4.69) is 15.3 Å². The maximum atomic E-state index is 12.5. The molecular formula is C14H14F3N3. The molecule has 2 aromatic rings. The molecule has 2 heterocycles. The van der Waals surface area contributed by atoms with Gasteiger partial charge in [0, 0.05) is 0 Å². The number of halogens is 3. The Bertz CT molecular complexity index is 580. The summed E-state index contributed by atoms with van der Waals surface area (Å²) in [6.07, 6.45) is -0.496. The molecule has 0 radical (unpaired) electrons. The minimum Gasteiger partial charge on any atom is -0.341 e. The number of alkyl halides is 3. The lowest BCUT2D eigenvalue weighted by molar-refractivity contribution is -0.137. The van der Waals surface area contributed by atoms with Crippen molar-refractivity contribution < 1.29 is 13.2 Å². The number of imidazole rings is 1. The number of hydrogen-bond donors (Lipinski definition) is 2. The molecule has 106 valence electrons. The molecule has 0 amide bonds. The quantitative estimate of drug-likeness (QED) is 0.884. The third-order valence-corrected chi connectivity index (χ3v) is 3.51. The lowest BCUT2D eigenvalue weighted by atomic mass is 10.1. The van der Waals surface area contributed by atoms with Crippen molar-refractivity contribution in [1.82, 2.24) is 15.3 Å². The van der Waals surface area contributed by atoms with Gasteiger partial charge in [-0.15, -0.1) is 0 Å². The Morgan fingerprint density at radius 2 is 1.90 bits per heavy atom. The van der Waals surface area contributed by atoms with Crippen LogP contribution in [0.25, 0.3) is 11.3 Å². The zero-order chi connectivity index (χ0) is 14.2. The first kappa shape index (κ1) is 13.2. The third kappa shape index (κ3) is 2.56. The number of hydrogen-bond acceptors (Lipinski definition) is 2. The van der Waals surface area contributed by atoms with Crippen LogP contribution in [0.4, 0.5) is 13.2 Å². The van der Waals surface area contributed by atoms with Crippen LogP contribution in [0.15, 0.2) is 30.5 Å². The van der Waals surface area contributed by atoms with E-state index in [-0.39, 0.29) is 6.04 Å². The number of rotatable bonds is 2. The fraction of sp³-hybridized carbons (Fsp3) is 0.357. The second-order valence-corrected chi connectivity index (χ2v) is 4.91. The Kier molecular flexibility index (Phi) is 3.25. The zero-order valence-electron chi connectivity index (χ0n) is 10.7. The van der Waals surface area contributed by atoms with Crippen molar-refractivity contribution >= 4 is 0 Å². The molecule has 1 saturated heterocycles. The summed E-state index contributed by atoms with van der Waals surface area (Å²) in [6, 6.07) is 5.32. The van der Waals surface area contributed by atoms with E-state index < -0.39 is 11.7 Å². The van der Waals surface area contributed by atoms with E-state index in [1.165, 1.54) is 12.1 Å². The Balaban J connectivity index is 1.82. The van der Waals surface area contributed by atoms with Gasteiger partial charge in [0.25, 0.3) is 0 Å². The molecule has 0 spiro atoms. The monoisotopic (exact) mass is 281 g/mol. The molecule has 0 aliphatic carbocycles. The molecule has 3 rings (SSSR count). The van der Waals surface area contributed by atoms with Gasteiger partial charge in [-0.25, -0.2) is 4.98 Å². The second-order valence-electron chi connectivity index (χ2n) is 4.91. The van der Waals surface area contributed by atoms with E-state index in [0.29, 0.717) is 5.56 Å². The zero-order valence-corrected chi connectivity index (χ0v) is 10.7. The van der Waals surface area contributed by atoms with Crippen LogP contribution in [0.3, 0.4) is 0 Å². The van der Waals surface area contributed by atoms with E-state index in [0.717, 1.165) is 43.0 Å². The fourth-order valence-corrected chi connectivity index (χ4v) is 2.42. The van der Waals surface area contributed by atoms with Crippen LogP contribution < -0.4 is 5.32 Å². The highest BCUT2D eigenvalue weighted by Crippen LogP contribution is 2.31. The van der Waals surface area contributed by atoms with Gasteiger partial charge >= 0.3 is 6.18 Å². The lowest BCUT2D eigenvalue weighted by Crippen LogP contribution is -2.14. The van der Waals surface area contributed by atoms with Gasteiger partial charge in [0.05, 0.1) is 23.5 Å². The van der Waals surface area contributed by atoms with Crippen molar-refractivity contribution in [2.45, 2.75) is 25.1 Å². The highest BCUT2D eigenvalue weighted by molar-refractivity contribution is 5.59. The number of aromatic nitrogens is 2. The van der Waals surface area contributed by atoms with Crippen LogP contribution in [0.1, 0.15) is 30.3 Å². The molecule has 0 bridgehead atoms. The number of benzene rings is 1. The molecule has 1 fully saturated rings. The van der Waals surface area contributed by atoms with Crippen LogP contribution in [0.5, 0.6) is 0 Å². The first-order chi connectivity index (χ1) is 9.54. The standard InChI is InChI=1S/C14H14F3N3/c15-14(16,17)10-5-3-9(4-6-10)12-8-19-13(20-12)11-2-1-7-18-11/h3-6,8,11,18H,1-2,7H2,(H,19,20). The molecule has 6 heteroatoms. The van der Waals surface area contributed by atoms with Crippen LogP contribution in [0.2, 0.25) is 0 Å². The molecule has 1 aliphatic heterocycles. The van der Waals surface area contributed by atoms with Crippen molar-refractivity contribution in [3.8, 4) is 11.3 Å². The van der Waals surface area contributed by atoms with Crippen LogP contribution in [0, 0.1) is 0 Å². The smallest absolute Gasteiger partial charge is 0.341 e. The highest BCUT2D eigenvalue weighted by atomic mass is 19.4. The Labute approximate surface area is 114 Å². The van der Waals surface area contributed by atoms with Crippen LogP contribution in [-0.4, -0.2) is 16.5 Å². The van der Waals surface area contributed by atoms with Gasteiger partial charge in [0.2, 0.25) is 0 Å². The van der Waals surface area contributed by atoms with Gasteiger partial charge in [-0.2, -0.15) is 13.2 Å². The van der Waals surface area contributed by atoms with Gasteiger partial charge in [-0.05, 0) is 37.1 Å². The summed E-state index contributed by atoms with van der Waals surface area (Å²) in [5.41, 5.74) is 0.801. The average Bonchev–Trinajstić information content (AvgIpc) is 3.09. The topological polar surface area (TPSA) is 40.7 Å². The minimum absolute atomic E-state index is 0.221. The van der Waals surface area contributed by atoms with Gasteiger partial charge in [0.1, 0.15) is 5.82 Å². The number of aromatic amines is 1. The van der Waals surface area contributed by atoms with Gasteiger partial charge in [-0.3, -0.25) is 0 Å². The average molecular weight is 281 g/mol. The van der Waals surface area contributed by atoms with Gasteiger partial charge in [-0.1, -0.05) is 12.1 Å². The molecule has 3 nitrogen and oxygen atoms in total. The predicted octanol–water partition coefficient (Wildman–Crippen LogP) is 3.52. The summed E-state index contributed by atoms with van der Waals surface area (Å²) < 4.78 is 37.5. The summed E-state index contributed by atoms with van der Waals surface area (Å²) in [5.74, 6) is 0.845. The summed E-state index contributed by atoms with van der Waals surface area (Å²) in [5, 5.41) is 3.32. The summed E-state index contributed by atoms with van der Waals surface area (Å²) in [6.45, 7) is 0.973. The molecule has 1 aromatic carbocycles. The fourth-order valence-electron chi connectivity index (χ4n) is 2.42. The maximum Gasteiger partial charge on any atom is 0.416 e. The van der Waals surface area contributed by atoms with Crippen molar-refractivity contribution in [2.24, 2.45) is 0 Å². The van der Waals surface area contributed by atoms with Gasteiger partial charge < -0.3 is 10.3 Å². The van der Waals surface area contributed by atoms with Crippen molar-refractivity contribution in [2.75, 3.05) is 6.54 Å². The summed E-state index contributed by atoms with van der Waals surface area (Å²) >= 11 is 0. The van der Waals surface area contributed by atoms with E-state index in [9.17, 15) is 13.2 Å². The number of nitrogens with zero attached hydrogens (tertiary/aromatic N) is 1. The van der Waals surface area contributed by atoms with Crippen molar-refractivity contribution in [1.29, 1.82) is 0 Å². The van der Waals surface area contributed by atoms with Gasteiger partial charge in [0.15, 0.2) is 0 Å². The van der Waals surface area contributed by atoms with Crippen LogP contribution in [-0.2, 0) is 6.18 Å². The maximum absolute atomic E-state index is 12.5. The Morgan fingerprint density at radius 3 is 2.50 bits per heavy atom. The first-order valence-electron chi connectivity index (χ1n) is 6.50. The first-order valence-corrected chi connectivity index (χ1v) is 6.50. The SMILES string of the molecule is FC(F)(F)c1ccc(-c2cnc(C3CCCN3)[nH]2)cc1. The molecule has 1 aromatic heterocycles. The van der Waals surface area contributed by atoms with Crippen molar-refractivity contribution in [3.63, 3.8) is 0 Å². The lowest BCUT2D eigenvalue weighted by Gasteiger charge is -2.07. The summed E-state index contributed by atoms with van der Waals surface area (Å²) in [7, 11) is 0. The normalized spacial score (nSPS) is 19.4. The van der Waals surface area contributed by atoms with Crippen LogP contribution >= 0.6 is 0 Å². The largest absolute Gasteiger partial charge is 0.416 e. The predicted molar refractivity (Wildman–Crippen MR) is 69.0 cm³/mol. The van der Waals surface area contributed by atoms with E-state index in [1.807, 2.05) is 0 Å². The molecular weight excluding hydrogens is 267 g/mol. The Hall–Kier alpha value is -1.82. The molecule has 0 saturated carbocycles. The Morgan fingerprint density at radius 1 is 1.15 bits per heavy atom. The van der Waals surface area contributed by atoms with E-state index in [4.69, 9.17) is 0 Å². The third-order valence-electron chi connectivity index (χ3n) is 3.51. The molecule has 1 atom stereocenters. The summed E-state index contributed by atoms with van der Waals surface area (Å²) in [4.78, 5) is 7.48.